The Balaban J connectivity index is 0.949. The minimum absolute atomic E-state index is 0.151. The number of para-hydroxylation sites is 1. The molecule has 2 aliphatic carbocycles. The van der Waals surface area contributed by atoms with Gasteiger partial charge in [-0.25, -0.2) is 15.0 Å². The molecule has 13 rings (SSSR count). The van der Waals surface area contributed by atoms with Crippen molar-refractivity contribution in [2.75, 3.05) is 6.26 Å². The molecule has 0 saturated heterocycles. The van der Waals surface area contributed by atoms with Crippen molar-refractivity contribution in [3.05, 3.63) is 198 Å². The van der Waals surface area contributed by atoms with Crippen molar-refractivity contribution in [2.45, 2.75) is 42.9 Å². The SMILES string of the molecule is CSc1ccc(-c2ccc3c(c2)c2ccccc2n3-c2nc3c(c(C4C=CC(c5ccccc5)=CC4)n2)CCc2ccccc2-3)cc1-c1cc2c3c(cccc3c1)OC1=C2CCC=N1. The summed E-state index contributed by atoms with van der Waals surface area (Å²) in [6.45, 7) is 0. The van der Waals surface area contributed by atoms with Crippen molar-refractivity contribution >= 4 is 61.7 Å². The van der Waals surface area contributed by atoms with Crippen LogP contribution < -0.4 is 4.74 Å². The molecule has 0 N–H and O–H groups in total. The third-order valence-corrected chi connectivity index (χ3v) is 14.5. The molecule has 0 amide bonds. The molecule has 2 aliphatic heterocycles. The van der Waals surface area contributed by atoms with Gasteiger partial charge in [0.25, 0.3) is 0 Å². The number of benzene rings is 7. The predicted molar refractivity (Wildman–Crippen MR) is 266 cm³/mol. The second kappa shape index (κ2) is 14.9. The molecule has 0 fully saturated rings. The lowest BCUT2D eigenvalue weighted by atomic mass is 9.83. The highest BCUT2D eigenvalue weighted by Gasteiger charge is 2.29. The highest BCUT2D eigenvalue weighted by molar-refractivity contribution is 7.98. The predicted octanol–water partition coefficient (Wildman–Crippen LogP) is 14.6. The molecule has 6 heteroatoms. The van der Waals surface area contributed by atoms with Gasteiger partial charge in [0, 0.05) is 49.9 Å². The first-order valence-electron chi connectivity index (χ1n) is 22.3. The Morgan fingerprint density at radius 1 is 0.656 bits per heavy atom. The van der Waals surface area contributed by atoms with Crippen molar-refractivity contribution in [3.63, 3.8) is 0 Å². The second-order valence-electron chi connectivity index (χ2n) is 17.2. The van der Waals surface area contributed by atoms with E-state index >= 15 is 0 Å². The Morgan fingerprint density at radius 3 is 2.39 bits per heavy atom. The van der Waals surface area contributed by atoms with E-state index in [0.717, 1.165) is 72.1 Å². The van der Waals surface area contributed by atoms with Crippen LogP contribution in [0.4, 0.5) is 0 Å². The molecule has 306 valence electrons. The normalized spacial score (nSPS) is 16.1. The van der Waals surface area contributed by atoms with E-state index in [-0.39, 0.29) is 5.92 Å². The summed E-state index contributed by atoms with van der Waals surface area (Å²) in [5, 5.41) is 4.72. The Labute approximate surface area is 376 Å². The van der Waals surface area contributed by atoms with Crippen LogP contribution in [0.15, 0.2) is 180 Å². The molecule has 0 spiro atoms. The fourth-order valence-electron chi connectivity index (χ4n) is 10.6. The average molecular weight is 843 g/mol. The lowest BCUT2D eigenvalue weighted by Crippen LogP contribution is -2.16. The van der Waals surface area contributed by atoms with Gasteiger partial charge in [-0.1, -0.05) is 115 Å². The van der Waals surface area contributed by atoms with Crippen LogP contribution in [0.25, 0.3) is 83.2 Å². The standard InChI is InChI=1S/C58H42N4OS/c1-64-53-29-26-40(32-47(53)42-31-41-14-9-19-52-54(41)49(34-42)45-17-10-30-59-57(45)63-52)39-25-28-51-48(33-39)44-16-7-8-18-50(44)62(51)58-60-55(38-22-20-36(21-23-38)35-11-3-2-4-12-35)46-27-24-37-13-5-6-15-43(37)56(46)61-58/h2-9,11-16,18-22,25-26,28-34,38H,10,17,23-24,27H2,1H3. The van der Waals surface area contributed by atoms with Crippen LogP contribution in [-0.2, 0) is 12.8 Å². The monoisotopic (exact) mass is 842 g/mol. The Bertz CT molecular complexity index is 3560. The number of allylic oxidation sites excluding steroid dienone is 5. The highest BCUT2D eigenvalue weighted by Crippen LogP contribution is 2.47. The number of fused-ring (bicyclic) bond motifs is 7. The van der Waals surface area contributed by atoms with Crippen molar-refractivity contribution in [2.24, 2.45) is 4.99 Å². The third-order valence-electron chi connectivity index (χ3n) is 13.7. The van der Waals surface area contributed by atoms with Gasteiger partial charge in [-0.3, -0.25) is 4.57 Å². The van der Waals surface area contributed by atoms with E-state index in [0.29, 0.717) is 0 Å². The topological polar surface area (TPSA) is 52.3 Å². The quantitative estimate of drug-likeness (QED) is 0.157. The Hall–Kier alpha value is -7.28. The fourth-order valence-corrected chi connectivity index (χ4v) is 11.2. The maximum absolute atomic E-state index is 6.32. The van der Waals surface area contributed by atoms with Crippen LogP contribution in [0.1, 0.15) is 53.1 Å². The summed E-state index contributed by atoms with van der Waals surface area (Å²) in [7, 11) is 0. The number of aliphatic imine (C=N–C) groups is 1. The molecular formula is C58H42N4OS. The molecule has 5 nitrogen and oxygen atoms in total. The van der Waals surface area contributed by atoms with E-state index in [1.54, 1.807) is 11.8 Å². The van der Waals surface area contributed by atoms with E-state index < -0.39 is 0 Å². The zero-order chi connectivity index (χ0) is 42.3. The minimum Gasteiger partial charge on any atom is -0.438 e. The zero-order valence-electron chi connectivity index (χ0n) is 35.4. The molecule has 7 aromatic carbocycles. The molecular weight excluding hydrogens is 801 g/mol. The van der Waals surface area contributed by atoms with Gasteiger partial charge in [0.2, 0.25) is 11.8 Å². The summed E-state index contributed by atoms with van der Waals surface area (Å²) in [5.74, 6) is 2.48. The molecule has 4 heterocycles. The molecule has 1 atom stereocenters. The number of nitrogens with zero attached hydrogens (tertiary/aromatic N) is 4. The summed E-state index contributed by atoms with van der Waals surface area (Å²) in [6, 6.07) is 53.1. The van der Waals surface area contributed by atoms with Gasteiger partial charge in [-0.15, -0.1) is 11.8 Å². The summed E-state index contributed by atoms with van der Waals surface area (Å²) < 4.78 is 8.62. The van der Waals surface area contributed by atoms with E-state index in [1.165, 1.54) is 87.7 Å². The lowest BCUT2D eigenvalue weighted by molar-refractivity contribution is 0.421. The van der Waals surface area contributed by atoms with Gasteiger partial charge in [0.15, 0.2) is 0 Å². The molecule has 9 aromatic rings. The van der Waals surface area contributed by atoms with Gasteiger partial charge < -0.3 is 4.74 Å². The van der Waals surface area contributed by atoms with Crippen molar-refractivity contribution in [3.8, 4) is 45.2 Å². The number of ether oxygens (including phenoxy) is 1. The van der Waals surface area contributed by atoms with E-state index in [2.05, 4.69) is 180 Å². The first kappa shape index (κ1) is 37.3. The zero-order valence-corrected chi connectivity index (χ0v) is 36.2. The Kier molecular flexibility index (Phi) is 8.70. The van der Waals surface area contributed by atoms with Crippen LogP contribution in [0.3, 0.4) is 0 Å². The van der Waals surface area contributed by atoms with Gasteiger partial charge >= 0.3 is 0 Å². The van der Waals surface area contributed by atoms with Crippen LogP contribution in [-0.4, -0.2) is 27.0 Å². The molecule has 0 bridgehead atoms. The van der Waals surface area contributed by atoms with Crippen LogP contribution in [0, 0.1) is 0 Å². The molecule has 2 aromatic heterocycles. The average Bonchev–Trinajstić information content (AvgIpc) is 3.70. The molecule has 0 radical (unpaired) electrons. The van der Waals surface area contributed by atoms with Crippen LogP contribution in [0.5, 0.6) is 5.75 Å². The summed E-state index contributed by atoms with van der Waals surface area (Å²) in [6.07, 6.45) is 15.8. The number of rotatable bonds is 6. The first-order valence-corrected chi connectivity index (χ1v) is 23.6. The number of thioether (sulfide) groups is 1. The largest absolute Gasteiger partial charge is 0.438 e. The number of hydrogen-bond acceptors (Lipinski definition) is 5. The number of aryl methyl sites for hydroxylation is 1. The van der Waals surface area contributed by atoms with Crippen molar-refractivity contribution in [1.82, 2.24) is 14.5 Å². The van der Waals surface area contributed by atoms with Gasteiger partial charge in [0.1, 0.15) is 5.75 Å². The van der Waals surface area contributed by atoms with Crippen LogP contribution >= 0.6 is 11.8 Å². The van der Waals surface area contributed by atoms with Crippen LogP contribution in [0.2, 0.25) is 0 Å². The van der Waals surface area contributed by atoms with Gasteiger partial charge in [-0.05, 0) is 137 Å². The summed E-state index contributed by atoms with van der Waals surface area (Å²) >= 11 is 1.79. The molecule has 64 heavy (non-hydrogen) atoms. The summed E-state index contributed by atoms with van der Waals surface area (Å²) in [4.78, 5) is 17.0. The van der Waals surface area contributed by atoms with Crippen molar-refractivity contribution in [1.29, 1.82) is 0 Å². The minimum atomic E-state index is 0.151. The third kappa shape index (κ3) is 5.96. The number of aromatic nitrogens is 3. The summed E-state index contributed by atoms with van der Waals surface area (Å²) in [5.41, 5.74) is 17.9. The highest BCUT2D eigenvalue weighted by atomic mass is 32.2. The Morgan fingerprint density at radius 2 is 1.48 bits per heavy atom. The van der Waals surface area contributed by atoms with E-state index in [4.69, 9.17) is 14.7 Å². The number of hydrogen-bond donors (Lipinski definition) is 0. The fraction of sp³-hybridized carbons (Fsp3) is 0.121. The second-order valence-corrected chi connectivity index (χ2v) is 18.1. The first-order chi connectivity index (χ1) is 31.7. The van der Waals surface area contributed by atoms with Gasteiger partial charge in [-0.2, -0.15) is 0 Å². The van der Waals surface area contributed by atoms with Crippen molar-refractivity contribution < 1.29 is 4.74 Å². The maximum atomic E-state index is 6.32. The smallest absolute Gasteiger partial charge is 0.235 e. The molecule has 0 saturated carbocycles. The van der Waals surface area contributed by atoms with Gasteiger partial charge in [0.05, 0.1) is 22.4 Å². The lowest BCUT2D eigenvalue weighted by Gasteiger charge is -2.26. The molecule has 1 unspecified atom stereocenters. The van der Waals surface area contributed by atoms with E-state index in [1.807, 2.05) is 6.21 Å². The maximum Gasteiger partial charge on any atom is 0.235 e. The molecule has 4 aliphatic rings. The van der Waals surface area contributed by atoms with E-state index in [9.17, 15) is 0 Å².